The Morgan fingerprint density at radius 2 is 1.81 bits per heavy atom. The molecule has 1 aromatic carbocycles. The van der Waals surface area contributed by atoms with Crippen LogP contribution in [-0.4, -0.2) is 74.0 Å². The van der Waals surface area contributed by atoms with E-state index in [1.54, 1.807) is 14.2 Å². The van der Waals surface area contributed by atoms with Crippen LogP contribution in [0.2, 0.25) is 0 Å². The summed E-state index contributed by atoms with van der Waals surface area (Å²) in [6.45, 7) is 2.56. The predicted octanol–water partition coefficient (Wildman–Crippen LogP) is 2.56. The van der Waals surface area contributed by atoms with E-state index in [4.69, 9.17) is 28.4 Å². The summed E-state index contributed by atoms with van der Waals surface area (Å²) in [6, 6.07) is 7.71. The Bertz CT molecular complexity index is 723. The van der Waals surface area contributed by atoms with Crippen LogP contribution in [0.15, 0.2) is 24.3 Å². The Labute approximate surface area is 189 Å². The van der Waals surface area contributed by atoms with Crippen molar-refractivity contribution in [2.24, 2.45) is 5.92 Å². The lowest BCUT2D eigenvalue weighted by atomic mass is 9.87. The molecule has 4 rings (SSSR count). The molecule has 8 atom stereocenters. The van der Waals surface area contributed by atoms with E-state index in [0.29, 0.717) is 32.3 Å². The first-order chi connectivity index (χ1) is 15.4. The highest BCUT2D eigenvalue weighted by molar-refractivity contribution is 5.28. The molecule has 0 radical (unpaired) electrons. The Kier molecular flexibility index (Phi) is 7.72. The summed E-state index contributed by atoms with van der Waals surface area (Å²) in [5.41, 5.74) is 0.947. The lowest BCUT2D eigenvalue weighted by Gasteiger charge is -2.49. The van der Waals surface area contributed by atoms with Gasteiger partial charge in [0.1, 0.15) is 5.75 Å². The molecular formula is C24H36O8. The zero-order valence-corrected chi connectivity index (χ0v) is 19.1. The van der Waals surface area contributed by atoms with Crippen molar-refractivity contribution in [1.29, 1.82) is 0 Å². The van der Waals surface area contributed by atoms with Crippen molar-refractivity contribution in [1.82, 2.24) is 0 Å². The van der Waals surface area contributed by atoms with Crippen LogP contribution < -0.4 is 4.74 Å². The Morgan fingerprint density at radius 3 is 2.50 bits per heavy atom. The van der Waals surface area contributed by atoms with Gasteiger partial charge in [0.05, 0.1) is 50.8 Å². The first-order valence-corrected chi connectivity index (χ1v) is 11.5. The number of aliphatic hydroxyl groups excluding tert-OH is 2. The number of methoxy groups -OCH3 is 2. The molecule has 2 N–H and O–H groups in total. The highest BCUT2D eigenvalue weighted by atomic mass is 16.7. The molecule has 8 heteroatoms. The van der Waals surface area contributed by atoms with Gasteiger partial charge >= 0.3 is 0 Å². The monoisotopic (exact) mass is 452 g/mol. The lowest BCUT2D eigenvalue weighted by Crippen LogP contribution is -2.56. The van der Waals surface area contributed by atoms with Crippen molar-refractivity contribution in [2.45, 2.75) is 81.6 Å². The Balaban J connectivity index is 1.44. The summed E-state index contributed by atoms with van der Waals surface area (Å²) in [4.78, 5) is 0. The van der Waals surface area contributed by atoms with Crippen molar-refractivity contribution >= 4 is 0 Å². The van der Waals surface area contributed by atoms with Gasteiger partial charge in [-0.15, -0.1) is 0 Å². The average molecular weight is 453 g/mol. The molecule has 1 spiro atoms. The van der Waals surface area contributed by atoms with Gasteiger partial charge in [0.2, 0.25) is 0 Å². The quantitative estimate of drug-likeness (QED) is 0.680. The van der Waals surface area contributed by atoms with E-state index < -0.39 is 24.3 Å². The predicted molar refractivity (Wildman–Crippen MR) is 115 cm³/mol. The molecule has 0 saturated carbocycles. The second-order valence-electron chi connectivity index (χ2n) is 9.29. The van der Waals surface area contributed by atoms with Gasteiger partial charge in [0.15, 0.2) is 12.1 Å². The molecule has 0 bridgehead atoms. The second kappa shape index (κ2) is 10.3. The van der Waals surface area contributed by atoms with Gasteiger partial charge in [-0.1, -0.05) is 19.1 Å². The van der Waals surface area contributed by atoms with Crippen molar-refractivity contribution < 1.29 is 38.6 Å². The van der Waals surface area contributed by atoms with Crippen molar-refractivity contribution in [3.8, 4) is 5.75 Å². The third-order valence-electron chi connectivity index (χ3n) is 6.77. The van der Waals surface area contributed by atoms with Gasteiger partial charge < -0.3 is 38.6 Å². The zero-order valence-electron chi connectivity index (χ0n) is 19.1. The molecule has 8 nitrogen and oxygen atoms in total. The number of aliphatic hydroxyl groups is 2. The third-order valence-corrected chi connectivity index (χ3v) is 6.77. The maximum Gasteiger partial charge on any atom is 0.184 e. The third kappa shape index (κ3) is 5.44. The number of ether oxygens (including phenoxy) is 6. The summed E-state index contributed by atoms with van der Waals surface area (Å²) in [6.07, 6.45) is 0.997. The average Bonchev–Trinajstić information content (AvgIpc) is 2.79. The minimum Gasteiger partial charge on any atom is -0.497 e. The number of hydrogen-bond donors (Lipinski definition) is 2. The van der Waals surface area contributed by atoms with Crippen LogP contribution in [0.5, 0.6) is 5.75 Å². The second-order valence-corrected chi connectivity index (χ2v) is 9.29. The van der Waals surface area contributed by atoms with Crippen LogP contribution in [0.4, 0.5) is 0 Å². The normalized spacial score (nSPS) is 40.3. The van der Waals surface area contributed by atoms with Gasteiger partial charge in [-0.2, -0.15) is 0 Å². The molecule has 180 valence electrons. The number of rotatable bonds is 6. The summed E-state index contributed by atoms with van der Waals surface area (Å²) < 4.78 is 35.8. The van der Waals surface area contributed by atoms with Gasteiger partial charge in [-0.25, -0.2) is 0 Å². The van der Waals surface area contributed by atoms with E-state index in [-0.39, 0.29) is 30.8 Å². The smallest absolute Gasteiger partial charge is 0.184 e. The van der Waals surface area contributed by atoms with Crippen LogP contribution >= 0.6 is 0 Å². The first-order valence-electron chi connectivity index (χ1n) is 11.5. The van der Waals surface area contributed by atoms with E-state index in [1.165, 1.54) is 0 Å². The maximum absolute atomic E-state index is 10.4. The molecule has 32 heavy (non-hydrogen) atoms. The van der Waals surface area contributed by atoms with E-state index in [9.17, 15) is 10.2 Å². The van der Waals surface area contributed by atoms with Crippen molar-refractivity contribution in [2.75, 3.05) is 27.4 Å². The van der Waals surface area contributed by atoms with E-state index in [1.807, 2.05) is 24.3 Å². The molecule has 0 aliphatic carbocycles. The van der Waals surface area contributed by atoms with E-state index in [0.717, 1.165) is 17.7 Å². The molecule has 3 saturated heterocycles. The molecule has 1 aromatic rings. The van der Waals surface area contributed by atoms with Gasteiger partial charge in [0, 0.05) is 50.7 Å². The highest BCUT2D eigenvalue weighted by Crippen LogP contribution is 2.42. The minimum absolute atomic E-state index is 0.0501. The first kappa shape index (κ1) is 23.9. The minimum atomic E-state index is -0.946. The zero-order chi connectivity index (χ0) is 22.7. The fourth-order valence-corrected chi connectivity index (χ4v) is 5.07. The van der Waals surface area contributed by atoms with Crippen LogP contribution in [0.3, 0.4) is 0 Å². The van der Waals surface area contributed by atoms with E-state index >= 15 is 0 Å². The van der Waals surface area contributed by atoms with Crippen LogP contribution in [-0.2, 0) is 23.7 Å². The van der Waals surface area contributed by atoms with Gasteiger partial charge in [0.25, 0.3) is 0 Å². The molecule has 0 aromatic heterocycles. The molecule has 0 amide bonds. The van der Waals surface area contributed by atoms with Crippen molar-refractivity contribution in [3.05, 3.63) is 29.8 Å². The Hall–Kier alpha value is -1.26. The SMILES string of the molecule is COc1ccc(C2OC[C@H](C)[C@H](C[C@@H]3C[C@H](OC)C[C@]4(C[C@@H](O)C[C@H](CO)O4)O3)O2)cc1. The van der Waals surface area contributed by atoms with Gasteiger partial charge in [-0.3, -0.25) is 0 Å². The van der Waals surface area contributed by atoms with Crippen LogP contribution in [0, 0.1) is 5.92 Å². The molecule has 1 unspecified atom stereocenters. The summed E-state index contributed by atoms with van der Waals surface area (Å²) in [5, 5.41) is 20.0. The molecular weight excluding hydrogens is 416 g/mol. The summed E-state index contributed by atoms with van der Waals surface area (Å²) >= 11 is 0. The lowest BCUT2D eigenvalue weighted by molar-refractivity contribution is -0.347. The van der Waals surface area contributed by atoms with Crippen molar-refractivity contribution in [3.63, 3.8) is 0 Å². The number of hydrogen-bond acceptors (Lipinski definition) is 8. The maximum atomic E-state index is 10.4. The fraction of sp³-hybridized carbons (Fsp3) is 0.750. The molecule has 3 heterocycles. The number of benzene rings is 1. The van der Waals surface area contributed by atoms with Crippen LogP contribution in [0.1, 0.15) is 50.9 Å². The molecule has 3 fully saturated rings. The molecule has 3 aliphatic heterocycles. The van der Waals surface area contributed by atoms with E-state index in [2.05, 4.69) is 6.92 Å². The summed E-state index contributed by atoms with van der Waals surface area (Å²) in [7, 11) is 3.33. The summed E-state index contributed by atoms with van der Waals surface area (Å²) in [5.74, 6) is 0.0465. The topological polar surface area (TPSA) is 95.8 Å². The Morgan fingerprint density at radius 1 is 1.06 bits per heavy atom. The fourth-order valence-electron chi connectivity index (χ4n) is 5.07. The highest BCUT2D eigenvalue weighted by Gasteiger charge is 2.49. The standard InChI is InChI=1S/C24H36O8/c1-15-14-29-23(16-4-6-18(27-2)7-5-16)30-22(15)10-19-9-20(28-3)12-24(31-19)11-17(26)8-21(13-25)32-24/h4-7,15,17,19-23,25-26H,8-14H2,1-3H3/t15-,17-,19-,20-,21+,22-,23?,24+/m0/s1. The molecule has 3 aliphatic rings. The van der Waals surface area contributed by atoms with Gasteiger partial charge in [-0.05, 0) is 12.1 Å². The van der Waals surface area contributed by atoms with Crippen LogP contribution in [0.25, 0.3) is 0 Å². The largest absolute Gasteiger partial charge is 0.497 e.